The minimum atomic E-state index is -0.841. The highest BCUT2D eigenvalue weighted by Gasteiger charge is 2.44. The zero-order valence-electron chi connectivity index (χ0n) is 17.0. The number of ketones is 1. The Hall–Kier alpha value is -3.10. The molecule has 160 valence electrons. The van der Waals surface area contributed by atoms with Gasteiger partial charge in [-0.3, -0.25) is 9.59 Å². The molecule has 1 unspecified atom stereocenters. The minimum absolute atomic E-state index is 0.00397. The Morgan fingerprint density at radius 1 is 1.16 bits per heavy atom. The predicted molar refractivity (Wildman–Crippen MR) is 119 cm³/mol. The van der Waals surface area contributed by atoms with E-state index < -0.39 is 23.5 Å². The number of rotatable bonds is 6. The molecule has 0 saturated heterocycles. The number of likely N-dealkylation sites (N-methyl/N-ethyl adjacent to an activating group) is 1. The highest BCUT2D eigenvalue weighted by Crippen LogP contribution is 2.40. The van der Waals surface area contributed by atoms with Crippen LogP contribution in [0.15, 0.2) is 68.8 Å². The molecule has 7 nitrogen and oxygen atoms in total. The molecule has 8 heteroatoms. The van der Waals surface area contributed by atoms with E-state index in [0.717, 1.165) is 9.86 Å². The summed E-state index contributed by atoms with van der Waals surface area (Å²) < 4.78 is 6.56. The second-order valence-corrected chi connectivity index (χ2v) is 8.60. The van der Waals surface area contributed by atoms with Gasteiger partial charge in [0.1, 0.15) is 11.3 Å². The van der Waals surface area contributed by atoms with E-state index in [1.165, 1.54) is 17.0 Å². The van der Waals surface area contributed by atoms with Crippen LogP contribution in [-0.2, 0) is 4.79 Å². The van der Waals surface area contributed by atoms with E-state index in [9.17, 15) is 19.8 Å². The van der Waals surface area contributed by atoms with Crippen LogP contribution in [0.1, 0.15) is 22.2 Å². The van der Waals surface area contributed by atoms with Gasteiger partial charge in [0.15, 0.2) is 11.5 Å². The van der Waals surface area contributed by atoms with Crippen molar-refractivity contribution in [2.45, 2.75) is 6.04 Å². The SMILES string of the molecule is CN(C)CCN1C(=O)C(O)=C(C(=O)c2cc3cc(Br)ccc3o2)C1c1cccc(O)c1. The van der Waals surface area contributed by atoms with E-state index in [1.54, 1.807) is 30.3 Å². The van der Waals surface area contributed by atoms with Crippen LogP contribution < -0.4 is 0 Å². The Bertz CT molecular complexity index is 1210. The molecule has 1 atom stereocenters. The molecule has 2 aromatic carbocycles. The van der Waals surface area contributed by atoms with Crippen LogP contribution in [0.5, 0.6) is 5.75 Å². The summed E-state index contributed by atoms with van der Waals surface area (Å²) in [6.07, 6.45) is 0. The van der Waals surface area contributed by atoms with E-state index in [0.29, 0.717) is 24.2 Å². The summed E-state index contributed by atoms with van der Waals surface area (Å²) in [4.78, 5) is 29.7. The minimum Gasteiger partial charge on any atom is -0.508 e. The maximum atomic E-state index is 13.4. The lowest BCUT2D eigenvalue weighted by molar-refractivity contribution is -0.129. The van der Waals surface area contributed by atoms with Gasteiger partial charge in [0.05, 0.1) is 11.6 Å². The number of hydrogen-bond acceptors (Lipinski definition) is 6. The largest absolute Gasteiger partial charge is 0.508 e. The molecule has 1 aromatic heterocycles. The molecule has 1 aliphatic rings. The van der Waals surface area contributed by atoms with Gasteiger partial charge < -0.3 is 24.4 Å². The Labute approximate surface area is 187 Å². The van der Waals surface area contributed by atoms with Gasteiger partial charge >= 0.3 is 0 Å². The number of phenols is 1. The van der Waals surface area contributed by atoms with Gasteiger partial charge in [-0.1, -0.05) is 28.1 Å². The first-order valence-corrected chi connectivity index (χ1v) is 10.5. The van der Waals surface area contributed by atoms with E-state index in [2.05, 4.69) is 15.9 Å². The van der Waals surface area contributed by atoms with Crippen molar-refractivity contribution >= 4 is 38.6 Å². The number of Topliss-reactive ketones (excluding diaryl/α,β-unsaturated/α-hetero) is 1. The van der Waals surface area contributed by atoms with Gasteiger partial charge in [-0.05, 0) is 56.1 Å². The topological polar surface area (TPSA) is 94.2 Å². The molecule has 4 rings (SSSR count). The number of aliphatic hydroxyl groups is 1. The lowest BCUT2D eigenvalue weighted by Crippen LogP contribution is -2.36. The monoisotopic (exact) mass is 484 g/mol. The number of aromatic hydroxyl groups is 1. The first-order chi connectivity index (χ1) is 14.8. The van der Waals surface area contributed by atoms with Gasteiger partial charge in [0, 0.05) is 22.9 Å². The summed E-state index contributed by atoms with van der Waals surface area (Å²) in [5.74, 6) is -1.76. The van der Waals surface area contributed by atoms with Gasteiger partial charge in [0.25, 0.3) is 5.91 Å². The van der Waals surface area contributed by atoms with Crippen LogP contribution in [-0.4, -0.2) is 58.9 Å². The summed E-state index contributed by atoms with van der Waals surface area (Å²) >= 11 is 3.39. The average Bonchev–Trinajstić information content (AvgIpc) is 3.25. The number of carbonyl (C=O) groups is 2. The predicted octanol–water partition coefficient (Wildman–Crippen LogP) is 4.04. The number of furan rings is 1. The first-order valence-electron chi connectivity index (χ1n) is 9.68. The number of carbonyl (C=O) groups excluding carboxylic acids is 2. The third-order valence-electron chi connectivity index (χ3n) is 5.22. The zero-order chi connectivity index (χ0) is 22.3. The molecule has 0 saturated carbocycles. The molecular formula is C23H21BrN2O5. The Morgan fingerprint density at radius 2 is 1.94 bits per heavy atom. The van der Waals surface area contributed by atoms with Gasteiger partial charge in [0.2, 0.25) is 5.78 Å². The second kappa shape index (κ2) is 8.20. The number of fused-ring (bicyclic) bond motifs is 1. The Morgan fingerprint density at radius 3 is 2.65 bits per heavy atom. The van der Waals surface area contributed by atoms with Crippen molar-refractivity contribution < 1.29 is 24.2 Å². The van der Waals surface area contributed by atoms with Crippen LogP contribution in [0.2, 0.25) is 0 Å². The standard InChI is InChI=1S/C23H21BrN2O5/c1-25(2)8-9-26-20(13-4-3-5-16(27)11-13)19(22(29)23(26)30)21(28)18-12-14-10-15(24)6-7-17(14)31-18/h3-7,10-12,20,27,29H,8-9H2,1-2H3. The van der Waals surface area contributed by atoms with Gasteiger partial charge in [-0.2, -0.15) is 0 Å². The quantitative estimate of drug-likeness (QED) is 0.512. The van der Waals surface area contributed by atoms with Crippen LogP contribution in [0.25, 0.3) is 11.0 Å². The fraction of sp³-hybridized carbons (Fsp3) is 0.217. The molecule has 0 radical (unpaired) electrons. The second-order valence-electron chi connectivity index (χ2n) is 7.68. The van der Waals surface area contributed by atoms with Crippen LogP contribution in [0, 0.1) is 0 Å². The van der Waals surface area contributed by atoms with Crippen molar-refractivity contribution in [3.05, 3.63) is 75.7 Å². The van der Waals surface area contributed by atoms with Crippen molar-refractivity contribution in [1.82, 2.24) is 9.80 Å². The van der Waals surface area contributed by atoms with Gasteiger partial charge in [-0.25, -0.2) is 0 Å². The van der Waals surface area contributed by atoms with E-state index in [1.807, 2.05) is 25.1 Å². The van der Waals surface area contributed by atoms with Crippen molar-refractivity contribution in [2.24, 2.45) is 0 Å². The van der Waals surface area contributed by atoms with Gasteiger partial charge in [-0.15, -0.1) is 0 Å². The summed E-state index contributed by atoms with van der Waals surface area (Å²) in [5.41, 5.74) is 0.986. The molecule has 1 aliphatic heterocycles. The summed E-state index contributed by atoms with van der Waals surface area (Å²) in [7, 11) is 3.74. The van der Waals surface area contributed by atoms with E-state index in [-0.39, 0.29) is 17.1 Å². The smallest absolute Gasteiger partial charge is 0.290 e. The number of phenolic OH excluding ortho intramolecular Hbond substituents is 1. The van der Waals surface area contributed by atoms with Crippen LogP contribution in [0.4, 0.5) is 0 Å². The summed E-state index contributed by atoms with van der Waals surface area (Å²) in [5, 5.41) is 21.4. The van der Waals surface area contributed by atoms with E-state index >= 15 is 0 Å². The maximum absolute atomic E-state index is 13.4. The number of hydrogen-bond donors (Lipinski definition) is 2. The Balaban J connectivity index is 1.80. The summed E-state index contributed by atoms with van der Waals surface area (Å²) in [6, 6.07) is 12.4. The van der Waals surface area contributed by atoms with Crippen LogP contribution in [0.3, 0.4) is 0 Å². The normalized spacial score (nSPS) is 16.7. The average molecular weight is 485 g/mol. The molecule has 0 bridgehead atoms. The summed E-state index contributed by atoms with van der Waals surface area (Å²) in [6.45, 7) is 0.828. The fourth-order valence-electron chi connectivity index (χ4n) is 3.72. The molecule has 2 heterocycles. The third kappa shape index (κ3) is 3.96. The third-order valence-corrected chi connectivity index (χ3v) is 5.72. The number of amides is 1. The maximum Gasteiger partial charge on any atom is 0.290 e. The number of halogens is 1. The lowest BCUT2D eigenvalue weighted by Gasteiger charge is -2.27. The Kier molecular flexibility index (Phi) is 5.60. The molecule has 0 spiro atoms. The molecule has 2 N–H and O–H groups in total. The van der Waals surface area contributed by atoms with Crippen LogP contribution >= 0.6 is 15.9 Å². The number of nitrogens with zero attached hydrogens (tertiary/aromatic N) is 2. The van der Waals surface area contributed by atoms with Crippen molar-refractivity contribution in [3.63, 3.8) is 0 Å². The molecule has 1 amide bonds. The van der Waals surface area contributed by atoms with Crippen molar-refractivity contribution in [2.75, 3.05) is 27.2 Å². The molecular weight excluding hydrogens is 464 g/mol. The zero-order valence-corrected chi connectivity index (χ0v) is 18.6. The molecule has 0 fully saturated rings. The first kappa shape index (κ1) is 21.1. The highest BCUT2D eigenvalue weighted by atomic mass is 79.9. The highest BCUT2D eigenvalue weighted by molar-refractivity contribution is 9.10. The molecule has 31 heavy (non-hydrogen) atoms. The van der Waals surface area contributed by atoms with Crippen molar-refractivity contribution in [1.29, 1.82) is 0 Å². The number of aliphatic hydroxyl groups excluding tert-OH is 1. The number of benzene rings is 2. The lowest BCUT2D eigenvalue weighted by atomic mass is 9.95. The van der Waals surface area contributed by atoms with Crippen molar-refractivity contribution in [3.8, 4) is 5.75 Å². The molecule has 0 aliphatic carbocycles. The molecule has 3 aromatic rings. The van der Waals surface area contributed by atoms with E-state index in [4.69, 9.17) is 4.42 Å². The fourth-order valence-corrected chi connectivity index (χ4v) is 4.10.